The Morgan fingerprint density at radius 2 is 2.12 bits per heavy atom. The van der Waals surface area contributed by atoms with Gasteiger partial charge in [-0.3, -0.25) is 0 Å². The molecule has 0 saturated heterocycles. The highest BCUT2D eigenvalue weighted by Crippen LogP contribution is 2.16. The van der Waals surface area contributed by atoms with Gasteiger partial charge in [0.1, 0.15) is 0 Å². The zero-order chi connectivity index (χ0) is 12.1. The van der Waals surface area contributed by atoms with E-state index in [4.69, 9.17) is 6.42 Å². The number of pyridine rings is 1. The van der Waals surface area contributed by atoms with Crippen LogP contribution in [0.4, 0.5) is 19.0 Å². The second kappa shape index (κ2) is 5.40. The molecule has 16 heavy (non-hydrogen) atoms. The lowest BCUT2D eigenvalue weighted by molar-refractivity contribution is 0.466. The number of hydrogen-bond acceptors (Lipinski definition) is 2. The highest BCUT2D eigenvalue weighted by molar-refractivity contribution is 5.39. The van der Waals surface area contributed by atoms with Crippen LogP contribution in [0.15, 0.2) is 6.07 Å². The SMILES string of the molecule is C#CC(CCC)Nc1nc(F)c(F)cc1F. The molecule has 0 radical (unpaired) electrons. The minimum absolute atomic E-state index is 0.365. The van der Waals surface area contributed by atoms with Gasteiger partial charge in [0, 0.05) is 6.07 Å². The van der Waals surface area contributed by atoms with Crippen LogP contribution in [-0.2, 0) is 0 Å². The van der Waals surface area contributed by atoms with E-state index in [1.54, 1.807) is 0 Å². The molecule has 0 aliphatic heterocycles. The lowest BCUT2D eigenvalue weighted by Gasteiger charge is -2.13. The highest BCUT2D eigenvalue weighted by Gasteiger charge is 2.13. The maximum absolute atomic E-state index is 13.2. The number of aromatic nitrogens is 1. The van der Waals surface area contributed by atoms with E-state index < -0.39 is 23.6 Å². The lowest BCUT2D eigenvalue weighted by Crippen LogP contribution is -2.19. The van der Waals surface area contributed by atoms with Gasteiger partial charge in [0.15, 0.2) is 17.5 Å². The van der Waals surface area contributed by atoms with Crippen LogP contribution in [0.25, 0.3) is 0 Å². The van der Waals surface area contributed by atoms with Crippen molar-refractivity contribution < 1.29 is 13.2 Å². The van der Waals surface area contributed by atoms with Crippen LogP contribution in [0, 0.1) is 29.9 Å². The number of terminal acetylenes is 1. The summed E-state index contributed by atoms with van der Waals surface area (Å²) in [6.45, 7) is 1.90. The molecule has 1 aromatic heterocycles. The van der Waals surface area contributed by atoms with Crippen molar-refractivity contribution in [3.05, 3.63) is 23.6 Å². The molecule has 1 rings (SSSR count). The quantitative estimate of drug-likeness (QED) is 0.633. The third kappa shape index (κ3) is 2.89. The van der Waals surface area contributed by atoms with E-state index in [2.05, 4.69) is 16.2 Å². The predicted molar refractivity (Wildman–Crippen MR) is 55.3 cm³/mol. The summed E-state index contributed by atoms with van der Waals surface area (Å²) in [4.78, 5) is 3.12. The van der Waals surface area contributed by atoms with Gasteiger partial charge in [-0.2, -0.15) is 9.37 Å². The smallest absolute Gasteiger partial charge is 0.251 e. The van der Waals surface area contributed by atoms with Gasteiger partial charge in [-0.1, -0.05) is 19.3 Å². The molecule has 1 heterocycles. The molecule has 1 N–H and O–H groups in total. The van der Waals surface area contributed by atoms with E-state index in [1.165, 1.54) is 0 Å². The summed E-state index contributed by atoms with van der Waals surface area (Å²) in [6.07, 6.45) is 6.57. The number of nitrogens with one attached hydrogen (secondary N) is 1. The number of hydrogen-bond donors (Lipinski definition) is 1. The van der Waals surface area contributed by atoms with E-state index in [0.29, 0.717) is 12.5 Å². The minimum Gasteiger partial charge on any atom is -0.354 e. The van der Waals surface area contributed by atoms with Crippen LogP contribution >= 0.6 is 0 Å². The normalized spacial score (nSPS) is 11.9. The Morgan fingerprint density at radius 3 is 2.69 bits per heavy atom. The second-order valence-electron chi connectivity index (χ2n) is 3.24. The Balaban J connectivity index is 2.89. The Hall–Kier alpha value is -1.70. The fourth-order valence-corrected chi connectivity index (χ4v) is 1.20. The van der Waals surface area contributed by atoms with E-state index in [-0.39, 0.29) is 5.82 Å². The maximum Gasteiger partial charge on any atom is 0.251 e. The summed E-state index contributed by atoms with van der Waals surface area (Å²) in [5.74, 6) is -1.62. The Bertz CT molecular complexity index is 412. The largest absolute Gasteiger partial charge is 0.354 e. The Labute approximate surface area is 91.9 Å². The van der Waals surface area contributed by atoms with Crippen LogP contribution in [0.5, 0.6) is 0 Å². The first kappa shape index (κ1) is 12.4. The number of nitrogens with zero attached hydrogens (tertiary/aromatic N) is 1. The highest BCUT2D eigenvalue weighted by atomic mass is 19.2. The molecule has 0 aliphatic rings. The second-order valence-corrected chi connectivity index (χ2v) is 3.24. The number of anilines is 1. The molecule has 1 aromatic rings. The van der Waals surface area contributed by atoms with Crippen molar-refractivity contribution in [2.24, 2.45) is 0 Å². The van der Waals surface area contributed by atoms with Gasteiger partial charge >= 0.3 is 0 Å². The molecule has 1 unspecified atom stereocenters. The molecule has 0 saturated carbocycles. The molecular formula is C11H11F3N2. The average Bonchev–Trinajstić information content (AvgIpc) is 2.25. The molecule has 2 nitrogen and oxygen atoms in total. The van der Waals surface area contributed by atoms with Gasteiger partial charge in [0.25, 0.3) is 5.95 Å². The molecule has 0 fully saturated rings. The first-order valence-electron chi connectivity index (χ1n) is 4.82. The zero-order valence-corrected chi connectivity index (χ0v) is 8.73. The van der Waals surface area contributed by atoms with Crippen LogP contribution in [0.1, 0.15) is 19.8 Å². The average molecular weight is 228 g/mol. The molecule has 0 spiro atoms. The summed E-state index contributed by atoms with van der Waals surface area (Å²) in [5, 5.41) is 2.54. The fourth-order valence-electron chi connectivity index (χ4n) is 1.20. The van der Waals surface area contributed by atoms with Gasteiger partial charge in [-0.25, -0.2) is 8.78 Å². The molecule has 86 valence electrons. The van der Waals surface area contributed by atoms with E-state index in [0.717, 1.165) is 6.42 Å². The van der Waals surface area contributed by atoms with Crippen molar-refractivity contribution in [3.63, 3.8) is 0 Å². The van der Waals surface area contributed by atoms with E-state index in [9.17, 15) is 13.2 Å². The standard InChI is InChI=1S/C11H11F3N2/c1-3-5-7(4-2)15-11-9(13)6-8(12)10(14)16-11/h2,6-7H,3,5H2,1H3,(H,15,16). The number of halogens is 3. The van der Waals surface area contributed by atoms with Gasteiger partial charge in [0.05, 0.1) is 6.04 Å². The van der Waals surface area contributed by atoms with Crippen LogP contribution in [-0.4, -0.2) is 11.0 Å². The number of rotatable bonds is 4. The first-order valence-corrected chi connectivity index (χ1v) is 4.82. The molecular weight excluding hydrogens is 217 g/mol. The monoisotopic (exact) mass is 228 g/mol. The van der Waals surface area contributed by atoms with Crippen molar-refractivity contribution in [2.75, 3.05) is 5.32 Å². The molecule has 0 aromatic carbocycles. The Kier molecular flexibility index (Phi) is 4.18. The lowest BCUT2D eigenvalue weighted by atomic mass is 10.2. The van der Waals surface area contributed by atoms with Crippen molar-refractivity contribution in [1.29, 1.82) is 0 Å². The Morgan fingerprint density at radius 1 is 1.44 bits per heavy atom. The summed E-state index contributed by atoms with van der Waals surface area (Å²) in [5.41, 5.74) is 0. The molecule has 1 atom stereocenters. The van der Waals surface area contributed by atoms with Crippen molar-refractivity contribution in [1.82, 2.24) is 4.98 Å². The summed E-state index contributed by atoms with van der Waals surface area (Å²) >= 11 is 0. The van der Waals surface area contributed by atoms with Gasteiger partial charge < -0.3 is 5.32 Å². The third-order valence-electron chi connectivity index (χ3n) is 1.98. The van der Waals surface area contributed by atoms with Gasteiger partial charge in [-0.15, -0.1) is 6.42 Å². The summed E-state index contributed by atoms with van der Waals surface area (Å²) in [7, 11) is 0. The first-order chi connectivity index (χ1) is 7.58. The van der Waals surface area contributed by atoms with Gasteiger partial charge in [0.2, 0.25) is 0 Å². The van der Waals surface area contributed by atoms with Crippen LogP contribution < -0.4 is 5.32 Å². The minimum atomic E-state index is -1.35. The van der Waals surface area contributed by atoms with E-state index in [1.807, 2.05) is 6.92 Å². The van der Waals surface area contributed by atoms with Gasteiger partial charge in [-0.05, 0) is 6.42 Å². The molecule has 0 amide bonds. The van der Waals surface area contributed by atoms with Crippen molar-refractivity contribution >= 4 is 5.82 Å². The van der Waals surface area contributed by atoms with Crippen LogP contribution in [0.3, 0.4) is 0 Å². The predicted octanol–water partition coefficient (Wildman–Crippen LogP) is 2.71. The molecule has 0 aliphatic carbocycles. The topological polar surface area (TPSA) is 24.9 Å². The molecule has 0 bridgehead atoms. The van der Waals surface area contributed by atoms with E-state index >= 15 is 0 Å². The third-order valence-corrected chi connectivity index (χ3v) is 1.98. The van der Waals surface area contributed by atoms with Crippen molar-refractivity contribution in [2.45, 2.75) is 25.8 Å². The zero-order valence-electron chi connectivity index (χ0n) is 8.73. The van der Waals surface area contributed by atoms with Crippen molar-refractivity contribution in [3.8, 4) is 12.3 Å². The summed E-state index contributed by atoms with van der Waals surface area (Å²) in [6, 6.07) is -0.0126. The maximum atomic E-state index is 13.2. The molecule has 5 heteroatoms. The summed E-state index contributed by atoms with van der Waals surface area (Å²) < 4.78 is 38.5. The fraction of sp³-hybridized carbons (Fsp3) is 0.364. The van der Waals surface area contributed by atoms with Crippen LogP contribution in [0.2, 0.25) is 0 Å².